The number of hydrogen-bond acceptors (Lipinski definition) is 4. The fourth-order valence-corrected chi connectivity index (χ4v) is 0.882. The minimum absolute atomic E-state index is 0.0272. The Kier molecular flexibility index (Phi) is 1.99. The summed E-state index contributed by atoms with van der Waals surface area (Å²) in [5.41, 5.74) is 0.0272. The van der Waals surface area contributed by atoms with Crippen molar-refractivity contribution in [3.05, 3.63) is 23.2 Å². The first-order valence-corrected chi connectivity index (χ1v) is 3.32. The molecule has 0 fully saturated rings. The summed E-state index contributed by atoms with van der Waals surface area (Å²) in [5, 5.41) is 9.04. The zero-order chi connectivity index (χ0) is 9.30. The van der Waals surface area contributed by atoms with Crippen molar-refractivity contribution in [3.63, 3.8) is 0 Å². The minimum Gasteiger partial charge on any atom is -0.504 e. The highest BCUT2D eigenvalue weighted by molar-refractivity contribution is 6.20. The van der Waals surface area contributed by atoms with E-state index in [1.165, 1.54) is 14.0 Å². The van der Waals surface area contributed by atoms with Gasteiger partial charge in [0.2, 0.25) is 11.6 Å². The van der Waals surface area contributed by atoms with Crippen LogP contribution in [0.15, 0.2) is 23.2 Å². The Balaban J connectivity index is 3.13. The molecule has 1 N–H and O–H groups in total. The Labute approximate surface area is 69.1 Å². The molecule has 64 valence electrons. The lowest BCUT2D eigenvalue weighted by atomic mass is 10.0. The summed E-state index contributed by atoms with van der Waals surface area (Å²) < 4.78 is 4.64. The first kappa shape index (κ1) is 8.52. The second-order valence-corrected chi connectivity index (χ2v) is 2.38. The van der Waals surface area contributed by atoms with Crippen molar-refractivity contribution in [1.82, 2.24) is 0 Å². The molecule has 0 aromatic heterocycles. The van der Waals surface area contributed by atoms with Gasteiger partial charge in [0.05, 0.1) is 7.11 Å². The van der Waals surface area contributed by atoms with Gasteiger partial charge in [0.15, 0.2) is 11.5 Å². The van der Waals surface area contributed by atoms with E-state index < -0.39 is 17.3 Å². The summed E-state index contributed by atoms with van der Waals surface area (Å²) >= 11 is 0. The second kappa shape index (κ2) is 2.81. The Bertz CT molecular complexity index is 309. The van der Waals surface area contributed by atoms with E-state index in [1.54, 1.807) is 0 Å². The molecule has 0 saturated carbocycles. The van der Waals surface area contributed by atoms with Gasteiger partial charge in [0.1, 0.15) is 0 Å². The number of allylic oxidation sites excluding steroid dienone is 2. The van der Waals surface area contributed by atoms with Gasteiger partial charge in [-0.15, -0.1) is 0 Å². The molecule has 0 radical (unpaired) electrons. The van der Waals surface area contributed by atoms with Crippen LogP contribution >= 0.6 is 0 Å². The molecule has 0 atom stereocenters. The number of carbonyl (C=O) groups is 2. The third-order valence-corrected chi connectivity index (χ3v) is 1.64. The van der Waals surface area contributed by atoms with E-state index in [2.05, 4.69) is 4.74 Å². The zero-order valence-electron chi connectivity index (χ0n) is 6.75. The van der Waals surface area contributed by atoms with Crippen molar-refractivity contribution in [2.24, 2.45) is 0 Å². The summed E-state index contributed by atoms with van der Waals surface area (Å²) in [6.45, 7) is 1.38. The predicted molar refractivity (Wildman–Crippen MR) is 40.4 cm³/mol. The minimum atomic E-state index is -0.594. The number of Topliss-reactive ketones (excluding diaryl/α,β-unsaturated/α-hetero) is 1. The van der Waals surface area contributed by atoms with Gasteiger partial charge in [-0.2, -0.15) is 0 Å². The fourth-order valence-electron chi connectivity index (χ4n) is 0.882. The highest BCUT2D eigenvalue weighted by Crippen LogP contribution is 2.16. The Morgan fingerprint density at radius 1 is 1.42 bits per heavy atom. The van der Waals surface area contributed by atoms with Crippen LogP contribution < -0.4 is 0 Å². The highest BCUT2D eigenvalue weighted by atomic mass is 16.5. The molecule has 0 bridgehead atoms. The topological polar surface area (TPSA) is 63.6 Å². The molecule has 0 saturated heterocycles. The summed E-state index contributed by atoms with van der Waals surface area (Å²) in [6, 6.07) is 0. The third-order valence-electron chi connectivity index (χ3n) is 1.64. The van der Waals surface area contributed by atoms with Crippen LogP contribution in [0.25, 0.3) is 0 Å². The van der Waals surface area contributed by atoms with Crippen molar-refractivity contribution in [2.45, 2.75) is 6.92 Å². The molecule has 0 unspecified atom stereocenters. The van der Waals surface area contributed by atoms with Gasteiger partial charge in [-0.25, -0.2) is 0 Å². The molecule has 0 spiro atoms. The average Bonchev–Trinajstić information content (AvgIpc) is 2.08. The summed E-state index contributed by atoms with van der Waals surface area (Å²) in [5.74, 6) is -1.57. The van der Waals surface area contributed by atoms with Crippen molar-refractivity contribution >= 4 is 11.6 Å². The van der Waals surface area contributed by atoms with Crippen molar-refractivity contribution < 1.29 is 19.4 Å². The van der Waals surface area contributed by atoms with Crippen LogP contribution in [0.3, 0.4) is 0 Å². The molecule has 0 amide bonds. The molecule has 0 aliphatic heterocycles. The van der Waals surface area contributed by atoms with Crippen LogP contribution in [0.5, 0.6) is 0 Å². The Morgan fingerprint density at radius 2 is 2.00 bits per heavy atom. The van der Waals surface area contributed by atoms with E-state index >= 15 is 0 Å². The lowest BCUT2D eigenvalue weighted by Crippen LogP contribution is -2.18. The number of carbonyl (C=O) groups excluding carboxylic acids is 2. The van der Waals surface area contributed by atoms with E-state index in [0.717, 1.165) is 6.08 Å². The maximum Gasteiger partial charge on any atom is 0.227 e. The second-order valence-electron chi connectivity index (χ2n) is 2.38. The predicted octanol–water partition coefficient (Wildman–Crippen LogP) is 0.500. The van der Waals surface area contributed by atoms with Gasteiger partial charge in [-0.1, -0.05) is 0 Å². The Morgan fingerprint density at radius 3 is 2.50 bits per heavy atom. The summed E-state index contributed by atoms with van der Waals surface area (Å²) in [6.07, 6.45) is 0.977. The first-order chi connectivity index (χ1) is 5.57. The standard InChI is InChI=1S/C8H8O4/c1-4-7(10)5(9)3-6(12-2)8(4)11/h3,10H,1-2H3. The number of ether oxygens (including phenoxy) is 1. The maximum atomic E-state index is 11.1. The van der Waals surface area contributed by atoms with E-state index in [1.807, 2.05) is 0 Å². The van der Waals surface area contributed by atoms with Crippen LogP contribution in [0.4, 0.5) is 0 Å². The maximum absolute atomic E-state index is 11.1. The average molecular weight is 168 g/mol. The van der Waals surface area contributed by atoms with Crippen LogP contribution in [-0.2, 0) is 14.3 Å². The highest BCUT2D eigenvalue weighted by Gasteiger charge is 2.25. The molecule has 1 aliphatic carbocycles. The molecule has 0 heterocycles. The number of rotatable bonds is 1. The van der Waals surface area contributed by atoms with Crippen molar-refractivity contribution in [2.75, 3.05) is 7.11 Å². The van der Waals surface area contributed by atoms with E-state index in [-0.39, 0.29) is 11.3 Å². The van der Waals surface area contributed by atoms with Gasteiger partial charge in [-0.3, -0.25) is 9.59 Å². The van der Waals surface area contributed by atoms with Gasteiger partial charge in [-0.05, 0) is 6.92 Å². The molecule has 12 heavy (non-hydrogen) atoms. The zero-order valence-corrected chi connectivity index (χ0v) is 6.75. The van der Waals surface area contributed by atoms with Crippen molar-refractivity contribution in [1.29, 1.82) is 0 Å². The quantitative estimate of drug-likeness (QED) is 0.579. The van der Waals surface area contributed by atoms with E-state index in [4.69, 9.17) is 5.11 Å². The molecule has 1 aliphatic rings. The first-order valence-electron chi connectivity index (χ1n) is 3.32. The summed E-state index contributed by atoms with van der Waals surface area (Å²) in [7, 11) is 1.30. The Hall–Kier alpha value is -1.58. The molecule has 0 aromatic carbocycles. The monoisotopic (exact) mass is 168 g/mol. The molecule has 4 nitrogen and oxygen atoms in total. The molecular formula is C8H8O4. The third kappa shape index (κ3) is 1.11. The van der Waals surface area contributed by atoms with Crippen LogP contribution in [0, 0.1) is 0 Å². The SMILES string of the molecule is COC1=CC(=O)C(O)=C(C)C1=O. The van der Waals surface area contributed by atoms with Gasteiger partial charge in [0.25, 0.3) is 0 Å². The molecule has 1 rings (SSSR count). The van der Waals surface area contributed by atoms with E-state index in [0.29, 0.717) is 0 Å². The van der Waals surface area contributed by atoms with Gasteiger partial charge >= 0.3 is 0 Å². The molecule has 4 heteroatoms. The summed E-state index contributed by atoms with van der Waals surface area (Å²) in [4.78, 5) is 22.1. The fraction of sp³-hybridized carbons (Fsp3) is 0.250. The number of methoxy groups -OCH3 is 1. The smallest absolute Gasteiger partial charge is 0.227 e. The molecule has 0 aromatic rings. The van der Waals surface area contributed by atoms with E-state index in [9.17, 15) is 9.59 Å². The van der Waals surface area contributed by atoms with Crippen LogP contribution in [-0.4, -0.2) is 23.8 Å². The van der Waals surface area contributed by atoms with Gasteiger partial charge < -0.3 is 9.84 Å². The number of hydrogen-bond donors (Lipinski definition) is 1. The number of ketones is 2. The van der Waals surface area contributed by atoms with Gasteiger partial charge in [0, 0.05) is 11.6 Å². The lowest BCUT2D eigenvalue weighted by molar-refractivity contribution is -0.119. The number of aliphatic hydroxyl groups is 1. The van der Waals surface area contributed by atoms with Crippen molar-refractivity contribution in [3.8, 4) is 0 Å². The van der Waals surface area contributed by atoms with Crippen LogP contribution in [0.1, 0.15) is 6.92 Å². The number of aliphatic hydroxyl groups excluding tert-OH is 1. The molecular weight excluding hydrogens is 160 g/mol. The largest absolute Gasteiger partial charge is 0.504 e. The van der Waals surface area contributed by atoms with Crippen LogP contribution in [0.2, 0.25) is 0 Å². The normalized spacial score (nSPS) is 18.0. The lowest BCUT2D eigenvalue weighted by Gasteiger charge is -2.10.